The van der Waals surface area contributed by atoms with Crippen LogP contribution in [-0.2, 0) is 10.0 Å². The van der Waals surface area contributed by atoms with E-state index >= 15 is 0 Å². The molecule has 1 aliphatic heterocycles. The van der Waals surface area contributed by atoms with Crippen LogP contribution >= 0.6 is 0 Å². The van der Waals surface area contributed by atoms with Gasteiger partial charge in [0.1, 0.15) is 0 Å². The molecule has 1 heterocycles. The lowest BCUT2D eigenvalue weighted by Gasteiger charge is -2.12. The summed E-state index contributed by atoms with van der Waals surface area (Å²) in [5, 5.41) is 8.24. The van der Waals surface area contributed by atoms with E-state index in [1.54, 1.807) is 6.07 Å². The van der Waals surface area contributed by atoms with Crippen LogP contribution in [0.1, 0.15) is 6.42 Å². The van der Waals surface area contributed by atoms with Crippen LogP contribution in [0.3, 0.4) is 0 Å². The van der Waals surface area contributed by atoms with Crippen molar-refractivity contribution in [2.75, 3.05) is 18.8 Å². The van der Waals surface area contributed by atoms with E-state index in [4.69, 9.17) is 11.0 Å². The van der Waals surface area contributed by atoms with Gasteiger partial charge in [-0.15, -0.1) is 0 Å². The predicted octanol–water partition coefficient (Wildman–Crippen LogP) is -1.13. The zero-order chi connectivity index (χ0) is 9.19. The molecular weight excluding hydrogens is 178 g/mol. The molecule has 0 aromatic heterocycles. The van der Waals surface area contributed by atoms with Gasteiger partial charge in [0.15, 0.2) is 5.75 Å². The first-order chi connectivity index (χ1) is 5.56. The number of nitrogens with two attached hydrogens (primary N) is 1. The lowest BCUT2D eigenvalue weighted by molar-refractivity contribution is 0.475. The van der Waals surface area contributed by atoms with Gasteiger partial charge >= 0.3 is 0 Å². The highest BCUT2D eigenvalue weighted by Gasteiger charge is 2.28. The van der Waals surface area contributed by atoms with E-state index in [-0.39, 0.29) is 6.04 Å². The molecule has 0 aromatic carbocycles. The smallest absolute Gasteiger partial charge is 0.227 e. The summed E-state index contributed by atoms with van der Waals surface area (Å²) in [6.07, 6.45) is 0.685. The third-order valence-electron chi connectivity index (χ3n) is 1.83. The van der Waals surface area contributed by atoms with Gasteiger partial charge in [0.2, 0.25) is 10.0 Å². The van der Waals surface area contributed by atoms with Crippen LogP contribution in [0.4, 0.5) is 0 Å². The first kappa shape index (κ1) is 9.45. The summed E-state index contributed by atoms with van der Waals surface area (Å²) in [7, 11) is -3.35. The topological polar surface area (TPSA) is 87.2 Å². The van der Waals surface area contributed by atoms with Crippen molar-refractivity contribution in [1.29, 1.82) is 5.26 Å². The fourth-order valence-electron chi connectivity index (χ4n) is 1.18. The SMILES string of the molecule is N#CCS(=O)(=O)N1CC[C@@H](N)C1. The molecular formula is C6H11N3O2S. The summed E-state index contributed by atoms with van der Waals surface area (Å²) in [4.78, 5) is 0. The van der Waals surface area contributed by atoms with E-state index in [1.165, 1.54) is 4.31 Å². The molecule has 0 aliphatic carbocycles. The van der Waals surface area contributed by atoms with Crippen LogP contribution < -0.4 is 5.73 Å². The summed E-state index contributed by atoms with van der Waals surface area (Å²) in [5.41, 5.74) is 5.53. The Morgan fingerprint density at radius 1 is 1.67 bits per heavy atom. The Labute approximate surface area is 71.8 Å². The molecule has 2 N–H and O–H groups in total. The van der Waals surface area contributed by atoms with Crippen molar-refractivity contribution in [3.05, 3.63) is 0 Å². The number of sulfonamides is 1. The average molecular weight is 189 g/mol. The molecule has 0 amide bonds. The van der Waals surface area contributed by atoms with Crippen molar-refractivity contribution in [3.8, 4) is 6.07 Å². The standard InChI is InChI=1S/C6H11N3O2S/c7-2-4-12(10,11)9-3-1-6(8)5-9/h6H,1,3-5,8H2/t6-/m1/s1. The highest BCUT2D eigenvalue weighted by molar-refractivity contribution is 7.89. The van der Waals surface area contributed by atoms with Gasteiger partial charge in [-0.25, -0.2) is 8.42 Å². The maximum atomic E-state index is 11.2. The Hall–Kier alpha value is -0.640. The highest BCUT2D eigenvalue weighted by Crippen LogP contribution is 2.11. The maximum Gasteiger partial charge on any atom is 0.227 e. The summed E-state index contributed by atoms with van der Waals surface area (Å²) in [6, 6.07) is 1.56. The molecule has 1 saturated heterocycles. The van der Waals surface area contributed by atoms with Crippen molar-refractivity contribution in [2.45, 2.75) is 12.5 Å². The van der Waals surface area contributed by atoms with Gasteiger partial charge < -0.3 is 5.73 Å². The van der Waals surface area contributed by atoms with Crippen LogP contribution in [-0.4, -0.2) is 37.6 Å². The first-order valence-corrected chi connectivity index (χ1v) is 5.27. The van der Waals surface area contributed by atoms with Crippen molar-refractivity contribution in [2.24, 2.45) is 5.73 Å². The second-order valence-electron chi connectivity index (χ2n) is 2.82. The quantitative estimate of drug-likeness (QED) is 0.595. The molecule has 1 atom stereocenters. The van der Waals surface area contributed by atoms with Crippen LogP contribution in [0.5, 0.6) is 0 Å². The fraction of sp³-hybridized carbons (Fsp3) is 0.833. The number of hydrogen-bond donors (Lipinski definition) is 1. The predicted molar refractivity (Wildman–Crippen MR) is 43.6 cm³/mol. The largest absolute Gasteiger partial charge is 0.326 e. The molecule has 68 valence electrons. The molecule has 1 aliphatic rings. The van der Waals surface area contributed by atoms with Gasteiger partial charge in [-0.3, -0.25) is 0 Å². The van der Waals surface area contributed by atoms with Gasteiger partial charge in [-0.1, -0.05) is 0 Å². The Morgan fingerprint density at radius 3 is 2.75 bits per heavy atom. The third-order valence-corrected chi connectivity index (χ3v) is 3.44. The Kier molecular flexibility index (Phi) is 2.67. The molecule has 0 spiro atoms. The first-order valence-electron chi connectivity index (χ1n) is 3.66. The van der Waals surface area contributed by atoms with Gasteiger partial charge in [-0.05, 0) is 6.42 Å². The van der Waals surface area contributed by atoms with Gasteiger partial charge in [-0.2, -0.15) is 9.57 Å². The van der Waals surface area contributed by atoms with Gasteiger partial charge in [0, 0.05) is 19.1 Å². The van der Waals surface area contributed by atoms with E-state index in [0.29, 0.717) is 19.5 Å². The van der Waals surface area contributed by atoms with Crippen molar-refractivity contribution in [1.82, 2.24) is 4.31 Å². The van der Waals surface area contributed by atoms with Gasteiger partial charge in [0.25, 0.3) is 0 Å². The average Bonchev–Trinajstić information content (AvgIpc) is 2.36. The number of hydrogen-bond acceptors (Lipinski definition) is 4. The Bertz CT molecular complexity index is 292. The summed E-state index contributed by atoms with van der Waals surface area (Å²) >= 11 is 0. The zero-order valence-corrected chi connectivity index (χ0v) is 7.42. The number of nitrogens with zero attached hydrogens (tertiary/aromatic N) is 2. The lowest BCUT2D eigenvalue weighted by atomic mass is 10.3. The minimum absolute atomic E-state index is 0.0709. The van der Waals surface area contributed by atoms with Crippen molar-refractivity contribution in [3.63, 3.8) is 0 Å². The molecule has 0 aromatic rings. The number of rotatable bonds is 2. The minimum atomic E-state index is -3.35. The molecule has 0 unspecified atom stereocenters. The molecule has 1 rings (SSSR count). The van der Waals surface area contributed by atoms with Crippen LogP contribution in [0, 0.1) is 11.3 Å². The second kappa shape index (κ2) is 3.39. The lowest BCUT2D eigenvalue weighted by Crippen LogP contribution is -2.33. The van der Waals surface area contributed by atoms with E-state index in [9.17, 15) is 8.42 Å². The normalized spacial score (nSPS) is 25.5. The van der Waals surface area contributed by atoms with Crippen molar-refractivity contribution >= 4 is 10.0 Å². The van der Waals surface area contributed by atoms with Gasteiger partial charge in [0.05, 0.1) is 6.07 Å². The van der Waals surface area contributed by atoms with Crippen LogP contribution in [0.2, 0.25) is 0 Å². The molecule has 6 heteroatoms. The van der Waals surface area contributed by atoms with Crippen LogP contribution in [0.15, 0.2) is 0 Å². The van der Waals surface area contributed by atoms with Crippen LogP contribution in [0.25, 0.3) is 0 Å². The summed E-state index contributed by atoms with van der Waals surface area (Å²) in [6.45, 7) is 0.801. The fourth-order valence-corrected chi connectivity index (χ4v) is 2.33. The molecule has 5 nitrogen and oxygen atoms in total. The Balaban J connectivity index is 2.66. The zero-order valence-electron chi connectivity index (χ0n) is 6.60. The second-order valence-corrected chi connectivity index (χ2v) is 4.79. The van der Waals surface area contributed by atoms with E-state index in [2.05, 4.69) is 0 Å². The Morgan fingerprint density at radius 2 is 2.33 bits per heavy atom. The summed E-state index contributed by atoms with van der Waals surface area (Å²) < 4.78 is 23.7. The summed E-state index contributed by atoms with van der Waals surface area (Å²) in [5.74, 6) is -0.445. The van der Waals surface area contributed by atoms with Crippen molar-refractivity contribution < 1.29 is 8.42 Å². The van der Waals surface area contributed by atoms with E-state index < -0.39 is 15.8 Å². The third kappa shape index (κ3) is 1.94. The van der Waals surface area contributed by atoms with E-state index in [0.717, 1.165) is 0 Å². The molecule has 12 heavy (non-hydrogen) atoms. The molecule has 1 fully saturated rings. The maximum absolute atomic E-state index is 11.2. The molecule has 0 radical (unpaired) electrons. The molecule has 0 bridgehead atoms. The van der Waals surface area contributed by atoms with E-state index in [1.807, 2.05) is 0 Å². The number of nitriles is 1. The molecule has 0 saturated carbocycles. The monoisotopic (exact) mass is 189 g/mol. The highest BCUT2D eigenvalue weighted by atomic mass is 32.2. The minimum Gasteiger partial charge on any atom is -0.326 e.